The lowest BCUT2D eigenvalue weighted by Crippen LogP contribution is -2.51. The van der Waals surface area contributed by atoms with Gasteiger partial charge in [-0.1, -0.05) is 71.0 Å². The zero-order valence-electron chi connectivity index (χ0n) is 27.3. The summed E-state index contributed by atoms with van der Waals surface area (Å²) in [6.45, 7) is 21.5. The summed E-state index contributed by atoms with van der Waals surface area (Å²) in [6, 6.07) is 18.2. The van der Waals surface area contributed by atoms with E-state index in [1.54, 1.807) is 4.90 Å². The molecule has 0 radical (unpaired) electrons. The Hall–Kier alpha value is -2.34. The minimum absolute atomic E-state index is 0.00745. The number of hydrogen-bond donors (Lipinski definition) is 0. The van der Waals surface area contributed by atoms with Crippen molar-refractivity contribution in [3.8, 4) is 0 Å². The van der Waals surface area contributed by atoms with Gasteiger partial charge in [-0.15, -0.1) is 0 Å². The number of allylic oxidation sites excluding steroid dienone is 1. The molecule has 2 unspecified atom stereocenters. The van der Waals surface area contributed by atoms with E-state index in [9.17, 15) is 9.36 Å². The van der Waals surface area contributed by atoms with Gasteiger partial charge in [-0.2, -0.15) is 0 Å². The van der Waals surface area contributed by atoms with Crippen LogP contribution in [0.5, 0.6) is 0 Å². The first-order valence-corrected chi connectivity index (χ1v) is 19.7. The monoisotopic (exact) mass is 613 g/mol. The molecule has 232 valence electrons. The van der Waals surface area contributed by atoms with Crippen LogP contribution in [0.15, 0.2) is 72.6 Å². The summed E-state index contributed by atoms with van der Waals surface area (Å²) in [7, 11) is -5.80. The van der Waals surface area contributed by atoms with Gasteiger partial charge >= 0.3 is 13.5 Å². The van der Waals surface area contributed by atoms with E-state index >= 15 is 0 Å². The van der Waals surface area contributed by atoms with E-state index in [1.807, 2.05) is 87.5 Å². The highest BCUT2D eigenvalue weighted by atomic mass is 31.2. The number of rotatable bonds is 9. The number of benzene rings is 2. The first kappa shape index (κ1) is 34.2. The normalized spacial score (nSPS) is 18.8. The minimum atomic E-state index is -3.64. The molecule has 2 aromatic rings. The number of hydrogen-bond acceptors (Lipinski definition) is 5. The molecule has 3 rings (SSSR count). The number of nitrogens with zero attached hydrogens (tertiary/aromatic N) is 1. The Labute approximate surface area is 255 Å². The van der Waals surface area contributed by atoms with Crippen LogP contribution in [0.3, 0.4) is 0 Å². The molecule has 8 heteroatoms. The Kier molecular flexibility index (Phi) is 11.0. The molecule has 2 atom stereocenters. The third-order valence-corrected chi connectivity index (χ3v) is 15.1. The van der Waals surface area contributed by atoms with E-state index in [4.69, 9.17) is 13.7 Å². The third-order valence-electron chi connectivity index (χ3n) is 8.17. The van der Waals surface area contributed by atoms with E-state index in [2.05, 4.69) is 47.7 Å². The van der Waals surface area contributed by atoms with E-state index in [0.29, 0.717) is 29.6 Å². The molecule has 2 aromatic carbocycles. The molecule has 0 aliphatic carbocycles. The van der Waals surface area contributed by atoms with Gasteiger partial charge in [0.25, 0.3) is 0 Å². The highest BCUT2D eigenvalue weighted by Gasteiger charge is 2.44. The molecule has 0 spiro atoms. The van der Waals surface area contributed by atoms with Gasteiger partial charge < -0.3 is 13.7 Å². The molecule has 0 aromatic heterocycles. The van der Waals surface area contributed by atoms with Crippen LogP contribution in [0.2, 0.25) is 18.1 Å². The van der Waals surface area contributed by atoms with E-state index in [-0.39, 0.29) is 22.9 Å². The van der Waals surface area contributed by atoms with Crippen molar-refractivity contribution in [2.75, 3.05) is 6.61 Å². The smallest absolute Gasteiger partial charge is 0.417 e. The summed E-state index contributed by atoms with van der Waals surface area (Å²) in [4.78, 5) is 15.8. The van der Waals surface area contributed by atoms with Crippen molar-refractivity contribution in [1.29, 1.82) is 0 Å². The molecule has 6 nitrogen and oxygen atoms in total. The SMILES string of the molecule is CC(C)CC1CCC=C(OP(=O)(c2ccccc2)c2ccccc2)N(C(=O)OC(C)(C)C)C1CO[Si](C)(C)C(C)(C)C. The molecule has 1 aliphatic rings. The maximum atomic E-state index is 15.0. The van der Waals surface area contributed by atoms with E-state index < -0.39 is 27.4 Å². The fourth-order valence-corrected chi connectivity index (χ4v) is 8.02. The summed E-state index contributed by atoms with van der Waals surface area (Å²) in [5.41, 5.74) is -0.727. The second-order valence-corrected chi connectivity index (χ2v) is 21.4. The Morgan fingerprint density at radius 3 is 1.93 bits per heavy atom. The Morgan fingerprint density at radius 2 is 1.48 bits per heavy atom. The molecular weight excluding hydrogens is 561 g/mol. The highest BCUT2D eigenvalue weighted by Crippen LogP contribution is 2.49. The molecular formula is C34H52NO5PSi. The quantitative estimate of drug-likeness (QED) is 0.209. The Morgan fingerprint density at radius 1 is 0.952 bits per heavy atom. The molecule has 0 fully saturated rings. The lowest BCUT2D eigenvalue weighted by atomic mass is 9.87. The van der Waals surface area contributed by atoms with Crippen LogP contribution in [0.1, 0.15) is 74.7 Å². The Bertz CT molecular complexity index is 1200. The summed E-state index contributed by atoms with van der Waals surface area (Å²) in [5, 5.41) is 1.14. The number of ether oxygens (including phenoxy) is 1. The first-order valence-electron chi connectivity index (χ1n) is 15.2. The number of carbonyl (C=O) groups excluding carboxylic acids is 1. The van der Waals surface area contributed by atoms with Crippen LogP contribution in [0.4, 0.5) is 4.79 Å². The first-order chi connectivity index (χ1) is 19.4. The number of carbonyl (C=O) groups is 1. The maximum Gasteiger partial charge on any atom is 0.417 e. The average Bonchev–Trinajstić information content (AvgIpc) is 3.05. The van der Waals surface area contributed by atoms with Gasteiger partial charge in [0.1, 0.15) is 5.60 Å². The van der Waals surface area contributed by atoms with Gasteiger partial charge in [0.2, 0.25) is 5.88 Å². The average molecular weight is 614 g/mol. The number of amides is 1. The standard InChI is InChI=1S/C34H52NO5PSi/c1-26(2)24-27-18-17-23-31(40-41(37,28-19-13-11-14-20-28)29-21-15-12-16-22-29)35(32(36)39-33(3,4)5)30(27)25-38-42(9,10)34(6,7)8/h11-16,19-23,26-27,30H,17-18,24-25H2,1-10H3. The van der Waals surface area contributed by atoms with E-state index in [1.165, 1.54) is 0 Å². The summed E-state index contributed by atoms with van der Waals surface area (Å²) in [5.74, 6) is 0.843. The summed E-state index contributed by atoms with van der Waals surface area (Å²) in [6.07, 6.45) is 3.87. The van der Waals surface area contributed by atoms with Crippen molar-refractivity contribution < 1.29 is 23.0 Å². The topological polar surface area (TPSA) is 65.1 Å². The van der Waals surface area contributed by atoms with Gasteiger partial charge in [-0.05, 0) is 100 Å². The molecule has 42 heavy (non-hydrogen) atoms. The van der Waals surface area contributed by atoms with Crippen molar-refractivity contribution in [1.82, 2.24) is 4.90 Å². The van der Waals surface area contributed by atoms with Crippen LogP contribution in [0, 0.1) is 11.8 Å². The molecule has 0 saturated heterocycles. The molecule has 0 saturated carbocycles. The minimum Gasteiger partial charge on any atom is -0.443 e. The van der Waals surface area contributed by atoms with Gasteiger partial charge in [0, 0.05) is 0 Å². The lowest BCUT2D eigenvalue weighted by Gasteiger charge is -2.42. The molecule has 1 heterocycles. The molecule has 0 N–H and O–H groups in total. The molecule has 1 amide bonds. The summed E-state index contributed by atoms with van der Waals surface area (Å²) < 4.78 is 34.5. The molecule has 0 bridgehead atoms. The van der Waals surface area contributed by atoms with Crippen LogP contribution in [-0.2, 0) is 18.3 Å². The van der Waals surface area contributed by atoms with Crippen molar-refractivity contribution in [2.45, 2.75) is 104 Å². The van der Waals surface area contributed by atoms with Crippen LogP contribution < -0.4 is 10.6 Å². The van der Waals surface area contributed by atoms with Crippen molar-refractivity contribution in [3.63, 3.8) is 0 Å². The highest BCUT2D eigenvalue weighted by molar-refractivity contribution is 7.74. The predicted molar refractivity (Wildman–Crippen MR) is 176 cm³/mol. The maximum absolute atomic E-state index is 15.0. The second kappa shape index (κ2) is 13.5. The van der Waals surface area contributed by atoms with Gasteiger partial charge in [0.05, 0.1) is 23.3 Å². The van der Waals surface area contributed by atoms with Gasteiger partial charge in [-0.3, -0.25) is 4.57 Å². The predicted octanol–water partition coefficient (Wildman–Crippen LogP) is 8.86. The second-order valence-electron chi connectivity index (χ2n) is 14.3. The van der Waals surface area contributed by atoms with Gasteiger partial charge in [0.15, 0.2) is 8.32 Å². The lowest BCUT2D eigenvalue weighted by molar-refractivity contribution is 0.000240. The van der Waals surface area contributed by atoms with Gasteiger partial charge in [-0.25, -0.2) is 9.69 Å². The molecule has 1 aliphatic heterocycles. The zero-order valence-corrected chi connectivity index (χ0v) is 29.2. The van der Waals surface area contributed by atoms with Crippen LogP contribution in [0.25, 0.3) is 0 Å². The summed E-state index contributed by atoms with van der Waals surface area (Å²) >= 11 is 0. The Balaban J connectivity index is 2.16. The van der Waals surface area contributed by atoms with Crippen molar-refractivity contribution >= 4 is 32.4 Å². The van der Waals surface area contributed by atoms with Crippen molar-refractivity contribution in [3.05, 3.63) is 72.6 Å². The fourth-order valence-electron chi connectivity index (χ4n) is 4.94. The zero-order chi connectivity index (χ0) is 31.3. The van der Waals surface area contributed by atoms with Crippen LogP contribution >= 0.6 is 7.37 Å². The fraction of sp³-hybridized carbons (Fsp3) is 0.559. The third kappa shape index (κ3) is 8.61. The largest absolute Gasteiger partial charge is 0.443 e. The van der Waals surface area contributed by atoms with Crippen LogP contribution in [-0.4, -0.2) is 37.6 Å². The van der Waals surface area contributed by atoms with E-state index in [0.717, 1.165) is 12.8 Å². The van der Waals surface area contributed by atoms with Crippen molar-refractivity contribution in [2.24, 2.45) is 11.8 Å².